The number of nitrogens with one attached hydrogen (secondary N) is 1. The van der Waals surface area contributed by atoms with Crippen molar-refractivity contribution in [2.24, 2.45) is 5.92 Å². The second-order valence-electron chi connectivity index (χ2n) is 4.60. The molecule has 0 radical (unpaired) electrons. The number of amides is 1. The molecule has 1 aliphatic heterocycles. The number of hydrogen-bond donors (Lipinski definition) is 1. The summed E-state index contributed by atoms with van der Waals surface area (Å²) in [5.41, 5.74) is 1.05. The van der Waals surface area contributed by atoms with Gasteiger partial charge in [-0.2, -0.15) is 0 Å². The minimum absolute atomic E-state index is 0.0775. The zero-order valence-corrected chi connectivity index (χ0v) is 11.8. The minimum Gasteiger partial charge on any atom is -0.497 e. The quantitative estimate of drug-likeness (QED) is 0.666. The van der Waals surface area contributed by atoms with Gasteiger partial charge in [0.25, 0.3) is 0 Å². The van der Waals surface area contributed by atoms with Crippen LogP contribution in [-0.2, 0) is 14.3 Å². The summed E-state index contributed by atoms with van der Waals surface area (Å²) < 4.78 is 14.9. The fraction of sp³-hybridized carbons (Fsp3) is 0.333. The standard InChI is InChI=1S/C15H17NO5/c1-10-11(9-21-14(10)17)7-8-20-15(18)16-12-3-5-13(19-2)6-4-12/h3-6,11H,1,7-9H2,2H3,(H,16,18)/t11-/m0/s1. The molecule has 6 heteroatoms. The van der Waals surface area contributed by atoms with Gasteiger partial charge in [-0.15, -0.1) is 0 Å². The number of rotatable bonds is 5. The molecule has 0 unspecified atom stereocenters. The molecule has 1 amide bonds. The predicted molar refractivity (Wildman–Crippen MR) is 76.2 cm³/mol. The van der Waals surface area contributed by atoms with Crippen molar-refractivity contribution in [3.8, 4) is 5.75 Å². The molecule has 1 N–H and O–H groups in total. The zero-order valence-electron chi connectivity index (χ0n) is 11.8. The van der Waals surface area contributed by atoms with E-state index < -0.39 is 6.09 Å². The van der Waals surface area contributed by atoms with Crippen LogP contribution in [-0.4, -0.2) is 32.4 Å². The molecular weight excluding hydrogens is 274 g/mol. The van der Waals surface area contributed by atoms with Crippen LogP contribution in [0.4, 0.5) is 10.5 Å². The van der Waals surface area contributed by atoms with Gasteiger partial charge in [-0.25, -0.2) is 9.59 Å². The molecule has 1 aromatic rings. The van der Waals surface area contributed by atoms with Gasteiger partial charge in [-0.05, 0) is 30.7 Å². The van der Waals surface area contributed by atoms with Gasteiger partial charge in [0.1, 0.15) is 5.75 Å². The molecule has 0 bridgehead atoms. The Morgan fingerprint density at radius 2 is 2.14 bits per heavy atom. The van der Waals surface area contributed by atoms with Crippen molar-refractivity contribution in [1.82, 2.24) is 0 Å². The van der Waals surface area contributed by atoms with Crippen LogP contribution >= 0.6 is 0 Å². The summed E-state index contributed by atoms with van der Waals surface area (Å²) >= 11 is 0. The maximum Gasteiger partial charge on any atom is 0.411 e. The van der Waals surface area contributed by atoms with Gasteiger partial charge < -0.3 is 14.2 Å². The predicted octanol–water partition coefficient (Wildman–Crippen LogP) is 2.36. The normalized spacial score (nSPS) is 17.3. The van der Waals surface area contributed by atoms with Crippen molar-refractivity contribution in [1.29, 1.82) is 0 Å². The van der Waals surface area contributed by atoms with Gasteiger partial charge in [-0.1, -0.05) is 6.58 Å². The molecule has 2 rings (SSSR count). The molecule has 0 aromatic heterocycles. The van der Waals surface area contributed by atoms with Gasteiger partial charge in [0.2, 0.25) is 0 Å². The summed E-state index contributed by atoms with van der Waals surface area (Å²) in [6.45, 7) is 4.16. The Hall–Kier alpha value is -2.50. The number of anilines is 1. The summed E-state index contributed by atoms with van der Waals surface area (Å²) in [6.07, 6.45) is -0.0309. The number of ether oxygens (including phenoxy) is 3. The molecule has 1 atom stereocenters. The van der Waals surface area contributed by atoms with Crippen LogP contribution in [0.15, 0.2) is 36.4 Å². The van der Waals surface area contributed by atoms with Crippen LogP contribution in [0.1, 0.15) is 6.42 Å². The lowest BCUT2D eigenvalue weighted by atomic mass is 10.0. The fourth-order valence-corrected chi connectivity index (χ4v) is 1.92. The lowest BCUT2D eigenvalue weighted by Gasteiger charge is -2.09. The van der Waals surface area contributed by atoms with Crippen molar-refractivity contribution in [2.75, 3.05) is 25.6 Å². The molecule has 1 heterocycles. The van der Waals surface area contributed by atoms with Crippen LogP contribution in [0.5, 0.6) is 5.75 Å². The van der Waals surface area contributed by atoms with E-state index in [4.69, 9.17) is 14.2 Å². The highest BCUT2D eigenvalue weighted by Gasteiger charge is 2.28. The van der Waals surface area contributed by atoms with Crippen molar-refractivity contribution >= 4 is 17.7 Å². The summed E-state index contributed by atoms with van der Waals surface area (Å²) in [6, 6.07) is 6.90. The molecule has 0 aliphatic carbocycles. The monoisotopic (exact) mass is 291 g/mol. The average molecular weight is 291 g/mol. The molecular formula is C15H17NO5. The highest BCUT2D eigenvalue weighted by Crippen LogP contribution is 2.22. The molecule has 21 heavy (non-hydrogen) atoms. The van der Waals surface area contributed by atoms with Crippen molar-refractivity contribution < 1.29 is 23.8 Å². The third-order valence-electron chi connectivity index (χ3n) is 3.21. The average Bonchev–Trinajstić information content (AvgIpc) is 2.80. The minimum atomic E-state index is -0.545. The maximum atomic E-state index is 11.6. The highest BCUT2D eigenvalue weighted by molar-refractivity contribution is 5.90. The van der Waals surface area contributed by atoms with Crippen LogP contribution in [0, 0.1) is 5.92 Å². The van der Waals surface area contributed by atoms with Crippen molar-refractivity contribution in [3.63, 3.8) is 0 Å². The second-order valence-corrected chi connectivity index (χ2v) is 4.60. The Morgan fingerprint density at radius 3 is 2.71 bits per heavy atom. The third kappa shape index (κ3) is 3.98. The van der Waals surface area contributed by atoms with Crippen LogP contribution < -0.4 is 10.1 Å². The molecule has 1 aromatic carbocycles. The van der Waals surface area contributed by atoms with Crippen LogP contribution in [0.25, 0.3) is 0 Å². The zero-order chi connectivity index (χ0) is 15.2. The largest absolute Gasteiger partial charge is 0.497 e. The lowest BCUT2D eigenvalue weighted by molar-refractivity contribution is -0.135. The van der Waals surface area contributed by atoms with E-state index in [1.807, 2.05) is 0 Å². The van der Waals surface area contributed by atoms with Gasteiger partial charge in [0.05, 0.1) is 20.3 Å². The Kier molecular flexibility index (Phi) is 4.81. The van der Waals surface area contributed by atoms with Gasteiger partial charge in [0, 0.05) is 17.2 Å². The van der Waals surface area contributed by atoms with E-state index in [0.717, 1.165) is 0 Å². The summed E-state index contributed by atoms with van der Waals surface area (Å²) in [5.74, 6) is 0.257. The van der Waals surface area contributed by atoms with Crippen molar-refractivity contribution in [2.45, 2.75) is 6.42 Å². The number of methoxy groups -OCH3 is 1. The Labute approximate surface area is 122 Å². The number of esters is 1. The number of cyclic esters (lactones) is 1. The smallest absolute Gasteiger partial charge is 0.411 e. The molecule has 6 nitrogen and oxygen atoms in total. The number of carbonyl (C=O) groups is 2. The molecule has 0 spiro atoms. The highest BCUT2D eigenvalue weighted by atomic mass is 16.6. The van der Waals surface area contributed by atoms with E-state index in [0.29, 0.717) is 30.0 Å². The second kappa shape index (κ2) is 6.78. The van der Waals surface area contributed by atoms with E-state index in [1.54, 1.807) is 31.4 Å². The molecule has 0 saturated carbocycles. The summed E-state index contributed by atoms with van der Waals surface area (Å²) in [7, 11) is 1.57. The molecule has 1 fully saturated rings. The first kappa shape index (κ1) is 14.9. The van der Waals surface area contributed by atoms with Crippen LogP contribution in [0.2, 0.25) is 0 Å². The fourth-order valence-electron chi connectivity index (χ4n) is 1.92. The van der Waals surface area contributed by atoms with E-state index >= 15 is 0 Å². The van der Waals surface area contributed by atoms with Crippen LogP contribution in [0.3, 0.4) is 0 Å². The Bertz CT molecular complexity index is 537. The summed E-state index contributed by atoms with van der Waals surface area (Å²) in [5, 5.41) is 2.60. The third-order valence-corrected chi connectivity index (χ3v) is 3.21. The molecule has 112 valence electrons. The van der Waals surface area contributed by atoms with Gasteiger partial charge in [0.15, 0.2) is 0 Å². The first-order chi connectivity index (χ1) is 10.1. The number of hydrogen-bond acceptors (Lipinski definition) is 5. The van der Waals surface area contributed by atoms with Gasteiger partial charge >= 0.3 is 12.1 Å². The topological polar surface area (TPSA) is 73.9 Å². The van der Waals surface area contributed by atoms with Crippen molar-refractivity contribution in [3.05, 3.63) is 36.4 Å². The molecule has 1 aliphatic rings. The van der Waals surface area contributed by atoms with Gasteiger partial charge in [-0.3, -0.25) is 5.32 Å². The number of benzene rings is 1. The molecule has 1 saturated heterocycles. The van der Waals surface area contributed by atoms with E-state index in [1.165, 1.54) is 0 Å². The maximum absolute atomic E-state index is 11.6. The Morgan fingerprint density at radius 1 is 1.43 bits per heavy atom. The van der Waals surface area contributed by atoms with E-state index in [2.05, 4.69) is 11.9 Å². The first-order valence-corrected chi connectivity index (χ1v) is 6.54. The van der Waals surface area contributed by atoms with E-state index in [-0.39, 0.29) is 18.5 Å². The SMILES string of the molecule is C=C1C(=O)OC[C@@H]1CCOC(=O)Nc1ccc(OC)cc1. The first-order valence-electron chi connectivity index (χ1n) is 6.54. The summed E-state index contributed by atoms with van der Waals surface area (Å²) in [4.78, 5) is 22.7. The Balaban J connectivity index is 1.72. The van der Waals surface area contributed by atoms with E-state index in [9.17, 15) is 9.59 Å². The number of carbonyl (C=O) groups excluding carboxylic acids is 2. The lowest BCUT2D eigenvalue weighted by Crippen LogP contribution is -2.16.